The maximum atomic E-state index is 5.26. The summed E-state index contributed by atoms with van der Waals surface area (Å²) in [7, 11) is 0. The van der Waals surface area contributed by atoms with Gasteiger partial charge >= 0.3 is 0 Å². The van der Waals surface area contributed by atoms with E-state index in [1.807, 2.05) is 6.07 Å². The van der Waals surface area contributed by atoms with Crippen LogP contribution in [-0.4, -0.2) is 41.2 Å². The van der Waals surface area contributed by atoms with Gasteiger partial charge in [0.2, 0.25) is 0 Å². The molecule has 2 aromatic rings. The molecule has 6 nitrogen and oxygen atoms in total. The minimum atomic E-state index is 0.177. The van der Waals surface area contributed by atoms with Crippen LogP contribution in [-0.2, 0) is 0 Å². The van der Waals surface area contributed by atoms with Gasteiger partial charge < -0.3 is 14.3 Å². The number of hydrogen-bond acceptors (Lipinski definition) is 6. The van der Waals surface area contributed by atoms with Crippen molar-refractivity contribution in [3.05, 3.63) is 24.4 Å². The van der Waals surface area contributed by atoms with Crippen molar-refractivity contribution < 1.29 is 8.94 Å². The van der Waals surface area contributed by atoms with Crippen LogP contribution in [0.15, 0.2) is 27.5 Å². The lowest BCUT2D eigenvalue weighted by molar-refractivity contribution is 0.176. The van der Waals surface area contributed by atoms with E-state index in [9.17, 15) is 0 Å². The molecule has 0 amide bonds. The molecule has 3 heterocycles. The zero-order chi connectivity index (χ0) is 12.4. The van der Waals surface area contributed by atoms with E-state index in [1.165, 1.54) is 0 Å². The molecule has 1 N–H and O–H groups in total. The molecule has 0 aromatic carbocycles. The summed E-state index contributed by atoms with van der Waals surface area (Å²) in [5, 5.41) is 7.39. The van der Waals surface area contributed by atoms with Gasteiger partial charge in [-0.25, -0.2) is 0 Å². The Labute approximate surface area is 105 Å². The fourth-order valence-corrected chi connectivity index (χ4v) is 2.14. The van der Waals surface area contributed by atoms with E-state index < -0.39 is 0 Å². The molecule has 1 fully saturated rings. The molecule has 1 aliphatic rings. The molecule has 1 unspecified atom stereocenters. The van der Waals surface area contributed by atoms with E-state index in [1.54, 1.807) is 12.5 Å². The predicted octanol–water partition coefficient (Wildman–Crippen LogP) is 1.30. The van der Waals surface area contributed by atoms with Crippen molar-refractivity contribution in [1.29, 1.82) is 0 Å². The van der Waals surface area contributed by atoms with Gasteiger partial charge in [-0.1, -0.05) is 5.16 Å². The summed E-state index contributed by atoms with van der Waals surface area (Å²) in [6, 6.07) is 1.99. The summed E-state index contributed by atoms with van der Waals surface area (Å²) < 4.78 is 10.3. The summed E-state index contributed by atoms with van der Waals surface area (Å²) in [6.07, 6.45) is 3.20. The SMILES string of the molecule is CC(c1noc(-c2ccoc2)n1)N1CCNCC1. The molecule has 6 heteroatoms. The van der Waals surface area contributed by atoms with Gasteiger partial charge in [0.25, 0.3) is 5.89 Å². The summed E-state index contributed by atoms with van der Waals surface area (Å²) >= 11 is 0. The molecule has 0 saturated carbocycles. The Morgan fingerprint density at radius 3 is 2.94 bits per heavy atom. The minimum absolute atomic E-state index is 0.177. The molecule has 0 spiro atoms. The first kappa shape index (κ1) is 11.4. The monoisotopic (exact) mass is 248 g/mol. The lowest BCUT2D eigenvalue weighted by atomic mass is 10.2. The van der Waals surface area contributed by atoms with E-state index >= 15 is 0 Å². The molecule has 2 aromatic heterocycles. The first-order valence-corrected chi connectivity index (χ1v) is 6.15. The number of furan rings is 1. The maximum absolute atomic E-state index is 5.26. The topological polar surface area (TPSA) is 67.3 Å². The van der Waals surface area contributed by atoms with Gasteiger partial charge in [-0.2, -0.15) is 4.98 Å². The molecule has 96 valence electrons. The van der Waals surface area contributed by atoms with E-state index in [0.29, 0.717) is 5.89 Å². The molecule has 3 rings (SSSR count). The van der Waals surface area contributed by atoms with Crippen LogP contribution in [0.3, 0.4) is 0 Å². The van der Waals surface area contributed by atoms with Gasteiger partial charge in [0, 0.05) is 26.2 Å². The third kappa shape index (κ3) is 2.16. The van der Waals surface area contributed by atoms with Gasteiger partial charge in [-0.3, -0.25) is 4.90 Å². The van der Waals surface area contributed by atoms with Crippen molar-refractivity contribution >= 4 is 0 Å². The van der Waals surface area contributed by atoms with Crippen LogP contribution < -0.4 is 5.32 Å². The number of nitrogens with one attached hydrogen (secondary N) is 1. The molecule has 0 aliphatic carbocycles. The van der Waals surface area contributed by atoms with Crippen molar-refractivity contribution in [2.75, 3.05) is 26.2 Å². The second kappa shape index (κ2) is 4.91. The maximum Gasteiger partial charge on any atom is 0.261 e. The predicted molar refractivity (Wildman–Crippen MR) is 64.9 cm³/mol. The molecular weight excluding hydrogens is 232 g/mol. The van der Waals surface area contributed by atoms with E-state index in [-0.39, 0.29) is 6.04 Å². The molecule has 1 atom stereocenters. The third-order valence-electron chi connectivity index (χ3n) is 3.28. The number of piperazine rings is 1. The second-order valence-corrected chi connectivity index (χ2v) is 4.43. The third-order valence-corrected chi connectivity index (χ3v) is 3.28. The first-order valence-electron chi connectivity index (χ1n) is 6.15. The Morgan fingerprint density at radius 1 is 1.39 bits per heavy atom. The van der Waals surface area contributed by atoms with E-state index in [4.69, 9.17) is 8.94 Å². The standard InChI is InChI=1S/C12H16N4O2/c1-9(16-5-3-13-4-6-16)11-14-12(18-15-11)10-2-7-17-8-10/h2,7-9,13H,3-6H2,1H3. The highest BCUT2D eigenvalue weighted by atomic mass is 16.5. The zero-order valence-electron chi connectivity index (χ0n) is 10.3. The van der Waals surface area contributed by atoms with Gasteiger partial charge in [-0.15, -0.1) is 0 Å². The summed E-state index contributed by atoms with van der Waals surface area (Å²) in [5.41, 5.74) is 0.821. The second-order valence-electron chi connectivity index (χ2n) is 4.43. The van der Waals surface area contributed by atoms with Crippen LogP contribution in [0.2, 0.25) is 0 Å². The summed E-state index contributed by atoms with van der Waals surface area (Å²) in [4.78, 5) is 6.78. The Bertz CT molecular complexity index is 488. The van der Waals surface area contributed by atoms with E-state index in [0.717, 1.165) is 37.6 Å². The average Bonchev–Trinajstić information content (AvgIpc) is 3.09. The zero-order valence-corrected chi connectivity index (χ0v) is 10.3. The number of aromatic nitrogens is 2. The normalized spacial score (nSPS) is 18.9. The lowest BCUT2D eigenvalue weighted by Crippen LogP contribution is -2.44. The highest BCUT2D eigenvalue weighted by molar-refractivity contribution is 5.49. The Kier molecular flexibility index (Phi) is 3.12. The van der Waals surface area contributed by atoms with Crippen LogP contribution in [0.1, 0.15) is 18.8 Å². The molecule has 0 radical (unpaired) electrons. The van der Waals surface area contributed by atoms with Crippen LogP contribution in [0.4, 0.5) is 0 Å². The summed E-state index contributed by atoms with van der Waals surface area (Å²) in [5.74, 6) is 1.24. The molecule has 1 saturated heterocycles. The fourth-order valence-electron chi connectivity index (χ4n) is 2.14. The molecule has 1 aliphatic heterocycles. The van der Waals surface area contributed by atoms with Gasteiger partial charge in [0.1, 0.15) is 6.26 Å². The Hall–Kier alpha value is -1.66. The molecule has 18 heavy (non-hydrogen) atoms. The highest BCUT2D eigenvalue weighted by Gasteiger charge is 2.22. The van der Waals surface area contributed by atoms with Gasteiger partial charge in [0.05, 0.1) is 17.9 Å². The van der Waals surface area contributed by atoms with Gasteiger partial charge in [0.15, 0.2) is 5.82 Å². The first-order chi connectivity index (χ1) is 8.84. The van der Waals surface area contributed by atoms with Gasteiger partial charge in [-0.05, 0) is 13.0 Å². The summed E-state index contributed by atoms with van der Waals surface area (Å²) in [6.45, 7) is 6.15. The van der Waals surface area contributed by atoms with E-state index in [2.05, 4.69) is 27.3 Å². The molecular formula is C12H16N4O2. The number of rotatable bonds is 3. The number of nitrogens with zero attached hydrogens (tertiary/aromatic N) is 3. The van der Waals surface area contributed by atoms with Crippen molar-refractivity contribution in [2.24, 2.45) is 0 Å². The minimum Gasteiger partial charge on any atom is -0.472 e. The van der Waals surface area contributed by atoms with Crippen molar-refractivity contribution in [2.45, 2.75) is 13.0 Å². The van der Waals surface area contributed by atoms with Crippen LogP contribution in [0, 0.1) is 0 Å². The van der Waals surface area contributed by atoms with Crippen molar-refractivity contribution in [1.82, 2.24) is 20.4 Å². The van der Waals surface area contributed by atoms with Crippen LogP contribution >= 0.6 is 0 Å². The quantitative estimate of drug-likeness (QED) is 0.883. The van der Waals surface area contributed by atoms with Crippen LogP contribution in [0.5, 0.6) is 0 Å². The smallest absolute Gasteiger partial charge is 0.261 e. The Balaban J connectivity index is 1.76. The van der Waals surface area contributed by atoms with Crippen molar-refractivity contribution in [3.63, 3.8) is 0 Å². The number of hydrogen-bond donors (Lipinski definition) is 1. The fraction of sp³-hybridized carbons (Fsp3) is 0.500. The average molecular weight is 248 g/mol. The largest absolute Gasteiger partial charge is 0.472 e. The Morgan fingerprint density at radius 2 is 2.22 bits per heavy atom. The molecule has 0 bridgehead atoms. The van der Waals surface area contributed by atoms with Crippen LogP contribution in [0.25, 0.3) is 11.5 Å². The lowest BCUT2D eigenvalue weighted by Gasteiger charge is -2.30. The highest BCUT2D eigenvalue weighted by Crippen LogP contribution is 2.22. The van der Waals surface area contributed by atoms with Crippen molar-refractivity contribution in [3.8, 4) is 11.5 Å².